The number of carbonyl (C=O) groups is 2. The van der Waals surface area contributed by atoms with Crippen LogP contribution in [0.5, 0.6) is 11.5 Å². The van der Waals surface area contributed by atoms with Crippen molar-refractivity contribution in [2.75, 3.05) is 20.8 Å². The lowest BCUT2D eigenvalue weighted by atomic mass is 10.1. The number of nitrogens with one attached hydrogen (secondary N) is 2. The van der Waals surface area contributed by atoms with Crippen LogP contribution >= 0.6 is 0 Å². The normalized spacial score (nSPS) is 12.1. The van der Waals surface area contributed by atoms with Crippen molar-refractivity contribution in [1.82, 2.24) is 10.6 Å². The van der Waals surface area contributed by atoms with Gasteiger partial charge in [0.05, 0.1) is 32.4 Å². The molecule has 2 rings (SSSR count). The van der Waals surface area contributed by atoms with Gasteiger partial charge in [-0.1, -0.05) is 0 Å². The minimum atomic E-state index is -4.48. The van der Waals surface area contributed by atoms with E-state index < -0.39 is 29.6 Å². The second kappa shape index (κ2) is 9.31. The van der Waals surface area contributed by atoms with Crippen LogP contribution in [0.25, 0.3) is 0 Å². The van der Waals surface area contributed by atoms with Crippen molar-refractivity contribution in [3.05, 3.63) is 59.2 Å². The fourth-order valence-corrected chi connectivity index (χ4v) is 2.62. The Balaban J connectivity index is 1.95. The van der Waals surface area contributed by atoms with Crippen molar-refractivity contribution in [2.24, 2.45) is 0 Å². The van der Waals surface area contributed by atoms with Gasteiger partial charge in [0, 0.05) is 11.1 Å². The molecule has 2 N–H and O–H groups in total. The molecule has 0 heterocycles. The molecule has 0 unspecified atom stereocenters. The summed E-state index contributed by atoms with van der Waals surface area (Å²) in [4.78, 5) is 24.2. The standard InChI is InChI=1S/C20H21F3N2O4/c1-12(16-10-15(28-2)8-9-17(16)29-3)25-18(26)11-24-19(27)13-4-6-14(7-5-13)20(21,22)23/h4-10,12H,11H2,1-3H3,(H,24,27)(H,25,26)/t12-/m0/s1. The van der Waals surface area contributed by atoms with E-state index in [1.54, 1.807) is 25.1 Å². The van der Waals surface area contributed by atoms with Gasteiger partial charge >= 0.3 is 6.18 Å². The SMILES string of the molecule is COc1ccc(OC)c([C@H](C)NC(=O)CNC(=O)c2ccc(C(F)(F)F)cc2)c1. The van der Waals surface area contributed by atoms with Crippen LogP contribution in [0, 0.1) is 0 Å². The lowest BCUT2D eigenvalue weighted by Gasteiger charge is -2.18. The van der Waals surface area contributed by atoms with E-state index in [1.165, 1.54) is 14.2 Å². The summed E-state index contributed by atoms with van der Waals surface area (Å²) in [6.07, 6.45) is -4.48. The van der Waals surface area contributed by atoms with Crippen LogP contribution in [0.1, 0.15) is 34.5 Å². The van der Waals surface area contributed by atoms with E-state index in [4.69, 9.17) is 9.47 Å². The van der Waals surface area contributed by atoms with Crippen LogP contribution in [-0.2, 0) is 11.0 Å². The molecule has 9 heteroatoms. The summed E-state index contributed by atoms with van der Waals surface area (Å²) in [7, 11) is 3.02. The minimum absolute atomic E-state index is 0.0216. The minimum Gasteiger partial charge on any atom is -0.497 e. The first kappa shape index (κ1) is 22.1. The summed E-state index contributed by atoms with van der Waals surface area (Å²) < 4.78 is 48.2. The van der Waals surface area contributed by atoms with Gasteiger partial charge in [0.25, 0.3) is 5.91 Å². The van der Waals surface area contributed by atoms with Crippen LogP contribution in [0.2, 0.25) is 0 Å². The van der Waals surface area contributed by atoms with Gasteiger partial charge in [-0.3, -0.25) is 9.59 Å². The second-order valence-electron chi connectivity index (χ2n) is 6.15. The number of ether oxygens (including phenoxy) is 2. The number of methoxy groups -OCH3 is 2. The molecule has 6 nitrogen and oxygen atoms in total. The predicted molar refractivity (Wildman–Crippen MR) is 99.9 cm³/mol. The Morgan fingerprint density at radius 1 is 1.03 bits per heavy atom. The van der Waals surface area contributed by atoms with Gasteiger partial charge in [0.2, 0.25) is 5.91 Å². The predicted octanol–water partition coefficient (Wildman–Crippen LogP) is 3.33. The van der Waals surface area contributed by atoms with Gasteiger partial charge in [0.1, 0.15) is 11.5 Å². The molecule has 156 valence electrons. The van der Waals surface area contributed by atoms with Crippen molar-refractivity contribution in [3.8, 4) is 11.5 Å². The van der Waals surface area contributed by atoms with Crippen molar-refractivity contribution >= 4 is 11.8 Å². The Labute approximate surface area is 166 Å². The molecule has 0 saturated heterocycles. The fourth-order valence-electron chi connectivity index (χ4n) is 2.62. The molecule has 0 fully saturated rings. The van der Waals surface area contributed by atoms with E-state index in [0.717, 1.165) is 24.3 Å². The third kappa shape index (κ3) is 5.87. The number of hydrogen-bond acceptors (Lipinski definition) is 4. The number of hydrogen-bond donors (Lipinski definition) is 2. The highest BCUT2D eigenvalue weighted by molar-refractivity contribution is 5.96. The summed E-state index contributed by atoms with van der Waals surface area (Å²) in [5.41, 5.74) is -0.143. The molecular weight excluding hydrogens is 389 g/mol. The van der Waals surface area contributed by atoms with Gasteiger partial charge in [-0.05, 0) is 49.4 Å². The Kier molecular flexibility index (Phi) is 7.08. The van der Waals surface area contributed by atoms with E-state index in [2.05, 4.69) is 10.6 Å². The van der Waals surface area contributed by atoms with Crippen molar-refractivity contribution < 1.29 is 32.2 Å². The van der Waals surface area contributed by atoms with Crippen LogP contribution in [-0.4, -0.2) is 32.6 Å². The third-order valence-corrected chi connectivity index (χ3v) is 4.16. The zero-order valence-electron chi connectivity index (χ0n) is 16.1. The van der Waals surface area contributed by atoms with Crippen LogP contribution < -0.4 is 20.1 Å². The summed E-state index contributed by atoms with van der Waals surface area (Å²) >= 11 is 0. The number of amides is 2. The molecule has 0 bridgehead atoms. The molecule has 0 spiro atoms. The number of carbonyl (C=O) groups excluding carboxylic acids is 2. The highest BCUT2D eigenvalue weighted by Gasteiger charge is 2.30. The first-order valence-corrected chi connectivity index (χ1v) is 8.62. The summed E-state index contributed by atoms with van der Waals surface area (Å²) in [6, 6.07) is 8.46. The van der Waals surface area contributed by atoms with Gasteiger partial charge in [-0.2, -0.15) is 13.2 Å². The average Bonchev–Trinajstić information content (AvgIpc) is 2.70. The molecule has 0 aromatic heterocycles. The average molecular weight is 410 g/mol. The Morgan fingerprint density at radius 2 is 1.69 bits per heavy atom. The number of halogens is 3. The fraction of sp³-hybridized carbons (Fsp3) is 0.300. The maximum absolute atomic E-state index is 12.6. The van der Waals surface area contributed by atoms with Crippen molar-refractivity contribution in [2.45, 2.75) is 19.1 Å². The molecule has 0 radical (unpaired) electrons. The summed E-state index contributed by atoms with van der Waals surface area (Å²) in [5, 5.41) is 5.10. The van der Waals surface area contributed by atoms with Gasteiger partial charge in [-0.25, -0.2) is 0 Å². The number of benzene rings is 2. The molecule has 29 heavy (non-hydrogen) atoms. The first-order valence-electron chi connectivity index (χ1n) is 8.62. The lowest BCUT2D eigenvalue weighted by Crippen LogP contribution is -2.38. The van der Waals surface area contributed by atoms with E-state index in [0.29, 0.717) is 17.1 Å². The maximum atomic E-state index is 12.6. The Morgan fingerprint density at radius 3 is 2.24 bits per heavy atom. The van der Waals surface area contributed by atoms with E-state index >= 15 is 0 Å². The van der Waals surface area contributed by atoms with Gasteiger partial charge in [-0.15, -0.1) is 0 Å². The zero-order chi connectivity index (χ0) is 21.6. The van der Waals surface area contributed by atoms with E-state index in [1.807, 2.05) is 0 Å². The molecule has 0 saturated carbocycles. The van der Waals surface area contributed by atoms with Crippen molar-refractivity contribution in [1.29, 1.82) is 0 Å². The smallest absolute Gasteiger partial charge is 0.416 e. The topological polar surface area (TPSA) is 76.7 Å². The summed E-state index contributed by atoms with van der Waals surface area (Å²) in [5.74, 6) is 0.0352. The molecule has 0 aliphatic rings. The van der Waals surface area contributed by atoms with Crippen LogP contribution in [0.4, 0.5) is 13.2 Å². The van der Waals surface area contributed by atoms with Gasteiger partial charge < -0.3 is 20.1 Å². The highest BCUT2D eigenvalue weighted by atomic mass is 19.4. The lowest BCUT2D eigenvalue weighted by molar-refractivity contribution is -0.137. The monoisotopic (exact) mass is 410 g/mol. The summed E-state index contributed by atoms with van der Waals surface area (Å²) in [6.45, 7) is 1.41. The molecular formula is C20H21F3N2O4. The van der Waals surface area contributed by atoms with E-state index in [9.17, 15) is 22.8 Å². The molecule has 1 atom stereocenters. The maximum Gasteiger partial charge on any atom is 0.416 e. The molecule has 0 aliphatic heterocycles. The number of alkyl halides is 3. The van der Waals surface area contributed by atoms with Crippen LogP contribution in [0.3, 0.4) is 0 Å². The molecule has 2 aromatic rings. The third-order valence-electron chi connectivity index (χ3n) is 4.16. The van der Waals surface area contributed by atoms with Crippen LogP contribution in [0.15, 0.2) is 42.5 Å². The first-order chi connectivity index (χ1) is 13.7. The number of rotatable bonds is 7. The van der Waals surface area contributed by atoms with Crippen molar-refractivity contribution in [3.63, 3.8) is 0 Å². The highest BCUT2D eigenvalue weighted by Crippen LogP contribution is 2.30. The quantitative estimate of drug-likeness (QED) is 0.734. The zero-order valence-corrected chi connectivity index (χ0v) is 16.1. The molecule has 2 aromatic carbocycles. The molecule has 2 amide bonds. The molecule has 0 aliphatic carbocycles. The van der Waals surface area contributed by atoms with Gasteiger partial charge in [0.15, 0.2) is 0 Å². The largest absolute Gasteiger partial charge is 0.497 e. The van der Waals surface area contributed by atoms with E-state index in [-0.39, 0.29) is 12.1 Å². The Bertz CT molecular complexity index is 867. The second-order valence-corrected chi connectivity index (χ2v) is 6.15. The Hall–Kier alpha value is -3.23.